The maximum atomic E-state index is 11.4. The fraction of sp³-hybridized carbons (Fsp3) is 0.900. The van der Waals surface area contributed by atoms with Crippen LogP contribution < -0.4 is 4.72 Å². The summed E-state index contributed by atoms with van der Waals surface area (Å²) in [6, 6.07) is -0.118. The van der Waals surface area contributed by atoms with E-state index in [0.29, 0.717) is 6.61 Å². The lowest BCUT2D eigenvalue weighted by molar-refractivity contribution is -0.142. The number of hydrogen-bond acceptors (Lipinski definition) is 5. The van der Waals surface area contributed by atoms with Crippen LogP contribution in [0.4, 0.5) is 0 Å². The second-order valence-corrected chi connectivity index (χ2v) is 6.45. The minimum absolute atomic E-state index is 0.00123. The minimum Gasteiger partial charge on any atom is -0.464 e. The van der Waals surface area contributed by atoms with Crippen molar-refractivity contribution >= 4 is 16.0 Å². The summed E-state index contributed by atoms with van der Waals surface area (Å²) in [6.45, 7) is 1.99. The van der Waals surface area contributed by atoms with Crippen molar-refractivity contribution in [3.8, 4) is 0 Å². The Kier molecular flexibility index (Phi) is 3.70. The number of rotatable bonds is 3. The Morgan fingerprint density at radius 2 is 1.94 bits per heavy atom. The van der Waals surface area contributed by atoms with Gasteiger partial charge in [-0.25, -0.2) is 13.1 Å². The average molecular weight is 262 g/mol. The molecule has 17 heavy (non-hydrogen) atoms. The third-order valence-corrected chi connectivity index (χ3v) is 4.02. The van der Waals surface area contributed by atoms with Crippen molar-refractivity contribution < 1.29 is 17.9 Å². The van der Waals surface area contributed by atoms with E-state index < -0.39 is 10.0 Å². The molecule has 1 atom stereocenters. The molecule has 0 spiro atoms. The SMILES string of the molecule is CS(=O)(=O)NC1CCN(C2CCOC2=O)CC1. The molecule has 0 saturated carbocycles. The molecule has 6 nitrogen and oxygen atoms in total. The predicted octanol–water partition coefficient (Wildman–Crippen LogP) is -0.684. The smallest absolute Gasteiger partial charge is 0.323 e. The van der Waals surface area contributed by atoms with E-state index >= 15 is 0 Å². The highest BCUT2D eigenvalue weighted by atomic mass is 32.2. The van der Waals surface area contributed by atoms with Crippen molar-refractivity contribution in [2.75, 3.05) is 26.0 Å². The zero-order chi connectivity index (χ0) is 12.5. The van der Waals surface area contributed by atoms with E-state index in [1.807, 2.05) is 0 Å². The Labute approximate surface area is 101 Å². The molecule has 2 fully saturated rings. The van der Waals surface area contributed by atoms with Gasteiger partial charge in [-0.05, 0) is 12.8 Å². The van der Waals surface area contributed by atoms with Crippen molar-refractivity contribution in [2.45, 2.75) is 31.3 Å². The quantitative estimate of drug-likeness (QED) is 0.682. The monoisotopic (exact) mass is 262 g/mol. The van der Waals surface area contributed by atoms with E-state index in [9.17, 15) is 13.2 Å². The lowest BCUT2D eigenvalue weighted by Crippen LogP contribution is -2.49. The van der Waals surface area contributed by atoms with Crippen molar-refractivity contribution in [3.05, 3.63) is 0 Å². The molecular formula is C10H18N2O4S. The van der Waals surface area contributed by atoms with Gasteiger partial charge in [-0.15, -0.1) is 0 Å². The molecule has 7 heteroatoms. The molecule has 2 heterocycles. The van der Waals surface area contributed by atoms with Crippen molar-refractivity contribution in [1.82, 2.24) is 9.62 Å². The highest BCUT2D eigenvalue weighted by molar-refractivity contribution is 7.88. The second kappa shape index (κ2) is 4.91. The first-order valence-electron chi connectivity index (χ1n) is 5.84. The number of esters is 1. The zero-order valence-electron chi connectivity index (χ0n) is 9.89. The summed E-state index contributed by atoms with van der Waals surface area (Å²) in [5.74, 6) is -0.139. The van der Waals surface area contributed by atoms with Gasteiger partial charge in [0.15, 0.2) is 0 Å². The number of sulfonamides is 1. The van der Waals surface area contributed by atoms with E-state index in [2.05, 4.69) is 9.62 Å². The number of cyclic esters (lactones) is 1. The Balaban J connectivity index is 1.84. The van der Waals surface area contributed by atoms with Gasteiger partial charge in [-0.1, -0.05) is 0 Å². The van der Waals surface area contributed by atoms with E-state index in [0.717, 1.165) is 32.4 Å². The highest BCUT2D eigenvalue weighted by Crippen LogP contribution is 2.19. The fourth-order valence-corrected chi connectivity index (χ4v) is 3.29. The number of carbonyl (C=O) groups is 1. The molecule has 1 unspecified atom stereocenters. The number of ether oxygens (including phenoxy) is 1. The first-order valence-corrected chi connectivity index (χ1v) is 7.73. The van der Waals surface area contributed by atoms with Gasteiger partial charge in [0, 0.05) is 25.6 Å². The molecule has 2 aliphatic heterocycles. The molecule has 0 aliphatic carbocycles. The molecule has 0 radical (unpaired) electrons. The molecule has 0 aromatic carbocycles. The Morgan fingerprint density at radius 3 is 2.41 bits per heavy atom. The van der Waals surface area contributed by atoms with Gasteiger partial charge < -0.3 is 4.74 Å². The molecule has 2 saturated heterocycles. The van der Waals surface area contributed by atoms with Gasteiger partial charge >= 0.3 is 5.97 Å². The predicted molar refractivity (Wildman–Crippen MR) is 61.9 cm³/mol. The van der Waals surface area contributed by atoms with Crippen LogP contribution in [-0.2, 0) is 19.6 Å². The maximum absolute atomic E-state index is 11.4. The van der Waals surface area contributed by atoms with Crippen molar-refractivity contribution in [3.63, 3.8) is 0 Å². The molecule has 0 bridgehead atoms. The summed E-state index contributed by atoms with van der Waals surface area (Å²) >= 11 is 0. The van der Waals surface area contributed by atoms with Gasteiger partial charge in [0.2, 0.25) is 10.0 Å². The number of likely N-dealkylation sites (tertiary alicyclic amines) is 1. The van der Waals surface area contributed by atoms with Crippen LogP contribution in [0.1, 0.15) is 19.3 Å². The van der Waals surface area contributed by atoms with Crippen LogP contribution in [0.5, 0.6) is 0 Å². The van der Waals surface area contributed by atoms with Crippen LogP contribution in [0.25, 0.3) is 0 Å². The molecule has 1 N–H and O–H groups in total. The summed E-state index contributed by atoms with van der Waals surface area (Å²) < 4.78 is 29.7. The summed E-state index contributed by atoms with van der Waals surface area (Å²) in [5, 5.41) is 0. The van der Waals surface area contributed by atoms with Gasteiger partial charge in [0.25, 0.3) is 0 Å². The third kappa shape index (κ3) is 3.40. The van der Waals surface area contributed by atoms with Gasteiger partial charge in [-0.3, -0.25) is 9.69 Å². The van der Waals surface area contributed by atoms with Crippen LogP contribution >= 0.6 is 0 Å². The lowest BCUT2D eigenvalue weighted by Gasteiger charge is -2.34. The standard InChI is InChI=1S/C10H18N2O4S/c1-17(14,15)11-8-2-5-12(6-3-8)9-4-7-16-10(9)13/h8-9,11H,2-7H2,1H3. The summed E-state index contributed by atoms with van der Waals surface area (Å²) in [5.41, 5.74) is 0. The van der Waals surface area contributed by atoms with Gasteiger partial charge in [0.05, 0.1) is 12.9 Å². The average Bonchev–Trinajstić information content (AvgIpc) is 2.63. The number of carbonyl (C=O) groups excluding carboxylic acids is 1. The van der Waals surface area contributed by atoms with E-state index in [-0.39, 0.29) is 18.1 Å². The molecule has 0 aromatic heterocycles. The topological polar surface area (TPSA) is 75.7 Å². The second-order valence-electron chi connectivity index (χ2n) is 4.67. The van der Waals surface area contributed by atoms with Crippen LogP contribution in [0, 0.1) is 0 Å². The summed E-state index contributed by atoms with van der Waals surface area (Å²) in [6.07, 6.45) is 3.42. The van der Waals surface area contributed by atoms with Crippen LogP contribution in [-0.4, -0.2) is 57.3 Å². The number of hydrogen-bond donors (Lipinski definition) is 1. The highest BCUT2D eigenvalue weighted by Gasteiger charge is 2.34. The molecular weight excluding hydrogens is 244 g/mol. The zero-order valence-corrected chi connectivity index (χ0v) is 10.7. The van der Waals surface area contributed by atoms with Crippen molar-refractivity contribution in [1.29, 1.82) is 0 Å². The molecule has 2 aliphatic rings. The molecule has 2 rings (SSSR count). The van der Waals surface area contributed by atoms with Gasteiger partial charge in [-0.2, -0.15) is 0 Å². The number of nitrogens with one attached hydrogen (secondary N) is 1. The normalized spacial score (nSPS) is 28.3. The first-order chi connectivity index (χ1) is 7.96. The van der Waals surface area contributed by atoms with Crippen molar-refractivity contribution in [2.24, 2.45) is 0 Å². The number of piperidine rings is 1. The molecule has 98 valence electrons. The first kappa shape index (κ1) is 12.8. The number of nitrogens with zero attached hydrogens (tertiary/aromatic N) is 1. The summed E-state index contributed by atoms with van der Waals surface area (Å²) in [4.78, 5) is 13.5. The van der Waals surface area contributed by atoms with E-state index in [1.165, 1.54) is 6.26 Å². The maximum Gasteiger partial charge on any atom is 0.323 e. The van der Waals surface area contributed by atoms with E-state index in [1.54, 1.807) is 0 Å². The third-order valence-electron chi connectivity index (χ3n) is 3.26. The van der Waals surface area contributed by atoms with Crippen LogP contribution in [0.15, 0.2) is 0 Å². The summed E-state index contributed by atoms with van der Waals surface area (Å²) in [7, 11) is -3.13. The Hall–Kier alpha value is -0.660. The van der Waals surface area contributed by atoms with Crippen LogP contribution in [0.3, 0.4) is 0 Å². The fourth-order valence-electron chi connectivity index (χ4n) is 2.45. The van der Waals surface area contributed by atoms with Gasteiger partial charge in [0.1, 0.15) is 6.04 Å². The molecule has 0 aromatic rings. The van der Waals surface area contributed by atoms with E-state index in [4.69, 9.17) is 4.74 Å². The van der Waals surface area contributed by atoms with Crippen LogP contribution in [0.2, 0.25) is 0 Å². The Bertz CT molecular complexity index is 387. The molecule has 0 amide bonds. The minimum atomic E-state index is -3.13. The largest absolute Gasteiger partial charge is 0.464 e. The lowest BCUT2D eigenvalue weighted by atomic mass is 10.0. The Morgan fingerprint density at radius 1 is 1.29 bits per heavy atom.